The minimum atomic E-state index is -0.0516. The summed E-state index contributed by atoms with van der Waals surface area (Å²) in [6.45, 7) is 0. The van der Waals surface area contributed by atoms with Gasteiger partial charge in [0, 0.05) is 23.2 Å². The highest BCUT2D eigenvalue weighted by molar-refractivity contribution is 7.99. The third-order valence-electron chi connectivity index (χ3n) is 5.29. The molecule has 3 aromatic rings. The minimum absolute atomic E-state index is 0.0264. The Labute approximate surface area is 169 Å². The molecular weight excluding hydrogens is 394 g/mol. The molecule has 142 valence electrons. The molecule has 5 rings (SSSR count). The number of fused-ring (bicyclic) bond motifs is 4. The number of Topliss-reactive ketones (excluding diaryl/α,β-unsaturated/α-hetero) is 1. The van der Waals surface area contributed by atoms with E-state index in [0.717, 1.165) is 40.7 Å². The molecule has 0 unspecified atom stereocenters. The maximum absolute atomic E-state index is 12.8. The highest BCUT2D eigenvalue weighted by Gasteiger charge is 2.23. The molecule has 28 heavy (non-hydrogen) atoms. The van der Waals surface area contributed by atoms with Gasteiger partial charge in [0.25, 0.3) is 5.56 Å². The van der Waals surface area contributed by atoms with Crippen LogP contribution in [0.25, 0.3) is 10.2 Å². The molecule has 0 radical (unpaired) electrons. The second kappa shape index (κ2) is 6.56. The van der Waals surface area contributed by atoms with Crippen LogP contribution in [0.1, 0.15) is 32.8 Å². The Bertz CT molecular complexity index is 1230. The van der Waals surface area contributed by atoms with Crippen molar-refractivity contribution in [1.82, 2.24) is 9.55 Å². The third kappa shape index (κ3) is 2.79. The van der Waals surface area contributed by atoms with Gasteiger partial charge in [-0.25, -0.2) is 4.98 Å². The average Bonchev–Trinajstić information content (AvgIpc) is 3.35. The maximum Gasteiger partial charge on any atom is 0.262 e. The lowest BCUT2D eigenvalue weighted by atomic mass is 10.1. The number of anilines is 1. The summed E-state index contributed by atoms with van der Waals surface area (Å²) < 4.78 is 1.55. The van der Waals surface area contributed by atoms with Crippen molar-refractivity contribution in [3.05, 3.63) is 50.1 Å². The largest absolute Gasteiger partial charge is 0.326 e. The molecule has 6 nitrogen and oxygen atoms in total. The lowest BCUT2D eigenvalue weighted by Gasteiger charge is -2.08. The van der Waals surface area contributed by atoms with Gasteiger partial charge in [0.1, 0.15) is 4.83 Å². The van der Waals surface area contributed by atoms with Crippen molar-refractivity contribution in [1.29, 1.82) is 0 Å². The van der Waals surface area contributed by atoms with Gasteiger partial charge in [-0.05, 0) is 48.6 Å². The van der Waals surface area contributed by atoms with Crippen molar-refractivity contribution >= 4 is 50.7 Å². The molecular formula is C20H17N3O3S2. The van der Waals surface area contributed by atoms with Gasteiger partial charge in [-0.1, -0.05) is 11.8 Å². The van der Waals surface area contributed by atoms with Gasteiger partial charge in [0.2, 0.25) is 5.91 Å². The number of hydrogen-bond donors (Lipinski definition) is 1. The molecule has 2 aliphatic rings. The first-order valence-electron chi connectivity index (χ1n) is 9.11. The van der Waals surface area contributed by atoms with E-state index < -0.39 is 0 Å². The van der Waals surface area contributed by atoms with E-state index >= 15 is 0 Å². The summed E-state index contributed by atoms with van der Waals surface area (Å²) in [7, 11) is 1.72. The number of ketones is 1. The first-order chi connectivity index (χ1) is 13.5. The number of nitrogens with one attached hydrogen (secondary N) is 1. The number of aryl methyl sites for hydroxylation is 2. The van der Waals surface area contributed by atoms with E-state index in [1.165, 1.54) is 22.2 Å². The predicted molar refractivity (Wildman–Crippen MR) is 111 cm³/mol. The molecule has 0 spiro atoms. The number of amides is 1. The Balaban J connectivity index is 1.40. The molecule has 0 atom stereocenters. The van der Waals surface area contributed by atoms with Crippen molar-refractivity contribution in [3.63, 3.8) is 0 Å². The van der Waals surface area contributed by atoms with Crippen LogP contribution in [-0.2, 0) is 31.1 Å². The number of thioether (sulfide) groups is 1. The number of hydrogen-bond acceptors (Lipinski definition) is 6. The van der Waals surface area contributed by atoms with Crippen molar-refractivity contribution in [2.75, 3.05) is 11.1 Å². The van der Waals surface area contributed by atoms with Crippen LogP contribution in [0, 0.1) is 0 Å². The fourth-order valence-electron chi connectivity index (χ4n) is 3.85. The Morgan fingerprint density at radius 2 is 2.18 bits per heavy atom. The number of benzene rings is 1. The van der Waals surface area contributed by atoms with E-state index in [1.54, 1.807) is 41.2 Å². The number of carbonyl (C=O) groups excluding carboxylic acids is 2. The van der Waals surface area contributed by atoms with E-state index in [1.807, 2.05) is 0 Å². The average molecular weight is 412 g/mol. The van der Waals surface area contributed by atoms with Gasteiger partial charge in [0.05, 0.1) is 17.6 Å². The number of aromatic nitrogens is 2. The molecule has 1 aliphatic carbocycles. The minimum Gasteiger partial charge on any atom is -0.326 e. The maximum atomic E-state index is 12.8. The summed E-state index contributed by atoms with van der Waals surface area (Å²) in [4.78, 5) is 43.7. The molecule has 1 amide bonds. The standard InChI is InChI=1S/C20H17N3O3S2/c1-23-19(26)17-12-3-2-4-15(12)28-18(17)22-20(23)27-9-14(24)10-5-6-13-11(7-10)8-16(25)21-13/h5-7H,2-4,8-9H2,1H3,(H,21,25). The smallest absolute Gasteiger partial charge is 0.262 e. The van der Waals surface area contributed by atoms with Crippen LogP contribution in [0.5, 0.6) is 0 Å². The van der Waals surface area contributed by atoms with Crippen LogP contribution in [-0.4, -0.2) is 27.0 Å². The van der Waals surface area contributed by atoms with Gasteiger partial charge in [-0.2, -0.15) is 0 Å². The molecule has 1 N–H and O–H groups in total. The van der Waals surface area contributed by atoms with Crippen LogP contribution < -0.4 is 10.9 Å². The van der Waals surface area contributed by atoms with E-state index in [2.05, 4.69) is 10.3 Å². The first-order valence-corrected chi connectivity index (χ1v) is 10.9. The number of thiophene rings is 1. The Hall–Kier alpha value is -2.45. The van der Waals surface area contributed by atoms with E-state index in [-0.39, 0.29) is 23.0 Å². The molecule has 0 fully saturated rings. The van der Waals surface area contributed by atoms with Crippen molar-refractivity contribution < 1.29 is 9.59 Å². The van der Waals surface area contributed by atoms with E-state index in [0.29, 0.717) is 17.1 Å². The Kier molecular flexibility index (Phi) is 4.13. The summed E-state index contributed by atoms with van der Waals surface area (Å²) in [5.41, 5.74) is 3.34. The highest BCUT2D eigenvalue weighted by atomic mass is 32.2. The predicted octanol–water partition coefficient (Wildman–Crippen LogP) is 2.95. The topological polar surface area (TPSA) is 81.1 Å². The van der Waals surface area contributed by atoms with Crippen LogP contribution in [0.2, 0.25) is 0 Å². The van der Waals surface area contributed by atoms with Crippen LogP contribution in [0.4, 0.5) is 5.69 Å². The van der Waals surface area contributed by atoms with Crippen molar-refractivity contribution in [2.24, 2.45) is 7.05 Å². The molecule has 1 aliphatic heterocycles. The lowest BCUT2D eigenvalue weighted by Crippen LogP contribution is -2.20. The summed E-state index contributed by atoms with van der Waals surface area (Å²) in [6, 6.07) is 5.27. The molecule has 2 aromatic heterocycles. The monoisotopic (exact) mass is 411 g/mol. The van der Waals surface area contributed by atoms with E-state index in [9.17, 15) is 14.4 Å². The van der Waals surface area contributed by atoms with Crippen LogP contribution in [0.15, 0.2) is 28.2 Å². The number of nitrogens with zero attached hydrogens (tertiary/aromatic N) is 2. The molecule has 3 heterocycles. The number of rotatable bonds is 4. The van der Waals surface area contributed by atoms with E-state index in [4.69, 9.17) is 0 Å². The molecule has 0 saturated carbocycles. The normalized spacial score (nSPS) is 15.0. The quantitative estimate of drug-likeness (QED) is 0.406. The van der Waals surface area contributed by atoms with Gasteiger partial charge in [-0.3, -0.25) is 19.0 Å². The summed E-state index contributed by atoms with van der Waals surface area (Å²) >= 11 is 2.89. The summed E-state index contributed by atoms with van der Waals surface area (Å²) in [5.74, 6) is 0.0938. The summed E-state index contributed by atoms with van der Waals surface area (Å²) in [5, 5.41) is 4.08. The van der Waals surface area contributed by atoms with Crippen LogP contribution in [0.3, 0.4) is 0 Å². The molecule has 8 heteroatoms. The lowest BCUT2D eigenvalue weighted by molar-refractivity contribution is -0.115. The third-order valence-corrected chi connectivity index (χ3v) is 7.51. The van der Waals surface area contributed by atoms with Crippen LogP contribution >= 0.6 is 23.1 Å². The SMILES string of the molecule is Cn1c(SCC(=O)c2ccc3c(c2)CC(=O)N3)nc2sc3c(c2c1=O)CCC3. The number of carbonyl (C=O) groups is 2. The first kappa shape index (κ1) is 17.6. The Morgan fingerprint density at radius 1 is 1.32 bits per heavy atom. The fourth-order valence-corrected chi connectivity index (χ4v) is 6.02. The Morgan fingerprint density at radius 3 is 3.04 bits per heavy atom. The van der Waals surface area contributed by atoms with Crippen molar-refractivity contribution in [2.45, 2.75) is 30.8 Å². The van der Waals surface area contributed by atoms with Gasteiger partial charge >= 0.3 is 0 Å². The highest BCUT2D eigenvalue weighted by Crippen LogP contribution is 2.35. The van der Waals surface area contributed by atoms with Gasteiger partial charge < -0.3 is 5.32 Å². The zero-order chi connectivity index (χ0) is 19.4. The fraction of sp³-hybridized carbons (Fsp3) is 0.300. The zero-order valence-electron chi connectivity index (χ0n) is 15.2. The van der Waals surface area contributed by atoms with Gasteiger partial charge in [0.15, 0.2) is 10.9 Å². The van der Waals surface area contributed by atoms with Crippen molar-refractivity contribution in [3.8, 4) is 0 Å². The zero-order valence-corrected chi connectivity index (χ0v) is 16.8. The molecule has 0 saturated heterocycles. The van der Waals surface area contributed by atoms with Gasteiger partial charge in [-0.15, -0.1) is 11.3 Å². The molecule has 0 bridgehead atoms. The molecule has 1 aromatic carbocycles. The summed E-state index contributed by atoms with van der Waals surface area (Å²) in [6.07, 6.45) is 3.38. The second-order valence-corrected chi connectivity index (χ2v) is 9.13. The second-order valence-electron chi connectivity index (χ2n) is 7.10.